The van der Waals surface area contributed by atoms with Gasteiger partial charge in [-0.25, -0.2) is 0 Å². The minimum atomic E-state index is -0.0708. The monoisotopic (exact) mass is 397 g/mol. The number of allylic oxidation sites excluding steroid dienone is 5. The first-order valence-corrected chi connectivity index (χ1v) is 7.49. The molecule has 26 heavy (non-hydrogen) atoms. The van der Waals surface area contributed by atoms with E-state index in [1.807, 2.05) is 30.3 Å². The van der Waals surface area contributed by atoms with Crippen LogP contribution in [0.3, 0.4) is 0 Å². The Morgan fingerprint density at radius 3 is 2.42 bits per heavy atom. The van der Waals surface area contributed by atoms with Gasteiger partial charge in [-0.2, -0.15) is 0 Å². The van der Waals surface area contributed by atoms with E-state index >= 15 is 0 Å². The van der Waals surface area contributed by atoms with Crippen LogP contribution in [0.4, 0.5) is 11.4 Å². The summed E-state index contributed by atoms with van der Waals surface area (Å²) in [5.74, 6) is -0.121. The number of nitrogens with one attached hydrogen (secondary N) is 1. The van der Waals surface area contributed by atoms with Gasteiger partial charge in [-0.3, -0.25) is 9.79 Å². The minimum absolute atomic E-state index is 0. The Hall–Kier alpha value is -1.89. The zero-order chi connectivity index (χ0) is 16.8. The van der Waals surface area contributed by atoms with Crippen LogP contribution in [0.15, 0.2) is 89.6 Å². The van der Waals surface area contributed by atoms with Crippen LogP contribution >= 0.6 is 0 Å². The van der Waals surface area contributed by atoms with E-state index in [1.54, 1.807) is 42.8 Å². The predicted molar refractivity (Wildman–Crippen MR) is 94.6 cm³/mol. The maximum absolute atomic E-state index is 11.7. The first-order chi connectivity index (χ1) is 11.7. The van der Waals surface area contributed by atoms with E-state index in [1.165, 1.54) is 12.1 Å². The van der Waals surface area contributed by atoms with Gasteiger partial charge in [0.05, 0.1) is 11.4 Å². The largest absolute Gasteiger partial charge is 1.00 e. The molecule has 4 nitrogen and oxygen atoms in total. The second kappa shape index (κ2) is 11.0. The Kier molecular flexibility index (Phi) is 9.33. The van der Waals surface area contributed by atoms with E-state index < -0.39 is 0 Å². The number of para-hydroxylation sites is 3. The number of ketones is 1. The molecule has 0 spiro atoms. The number of carbonyl (C=O) groups excluding carboxylic acids is 1. The predicted octanol–water partition coefficient (Wildman–Crippen LogP) is 0.503. The molecule has 2 aromatic carbocycles. The Morgan fingerprint density at radius 2 is 1.65 bits per heavy atom. The normalized spacial score (nSPS) is 14.2. The van der Waals surface area contributed by atoms with E-state index in [2.05, 4.69) is 10.3 Å². The van der Waals surface area contributed by atoms with Crippen molar-refractivity contribution in [3.05, 3.63) is 90.2 Å². The summed E-state index contributed by atoms with van der Waals surface area (Å²) in [6.07, 6.45) is 9.97. The SMILES string of the molecule is O=C1C=CC=C/C1=C/Nc1ccccc1N=Cc1ccccc1[O-].[Co].[Na+]. The second-order valence-corrected chi connectivity index (χ2v) is 5.14. The molecular formula is C20H15CoN2NaO2. The van der Waals surface area contributed by atoms with Crippen molar-refractivity contribution in [3.8, 4) is 5.75 Å². The van der Waals surface area contributed by atoms with E-state index in [0.29, 0.717) is 16.8 Å². The molecule has 127 valence electrons. The summed E-state index contributed by atoms with van der Waals surface area (Å²) in [5.41, 5.74) is 2.53. The van der Waals surface area contributed by atoms with Gasteiger partial charge in [0.1, 0.15) is 0 Å². The molecule has 0 amide bonds. The van der Waals surface area contributed by atoms with Gasteiger partial charge < -0.3 is 10.4 Å². The molecule has 0 bridgehead atoms. The standard InChI is InChI=1S/C20H16N2O2.Co.Na/c23-19-11-5-1-7-15(19)13-21-17-9-3-4-10-18(17)22-14-16-8-2-6-12-20(16)24;;/h1-14,21,24H;;/q;;+1/p-1/b15-13-,22-14?;;. The molecular weight excluding hydrogens is 382 g/mol. The molecule has 1 aliphatic rings. The average molecular weight is 397 g/mol. The van der Waals surface area contributed by atoms with E-state index in [0.717, 1.165) is 5.69 Å². The number of anilines is 1. The number of carbonyl (C=O) groups is 1. The molecule has 0 atom stereocenters. The number of nitrogens with zero attached hydrogens (tertiary/aromatic N) is 1. The topological polar surface area (TPSA) is 64.5 Å². The Bertz CT molecular complexity index is 889. The number of benzene rings is 2. The molecule has 1 aliphatic carbocycles. The van der Waals surface area contributed by atoms with Crippen molar-refractivity contribution in [3.63, 3.8) is 0 Å². The van der Waals surface area contributed by atoms with Crippen LogP contribution in [0, 0.1) is 0 Å². The van der Waals surface area contributed by atoms with E-state index in [4.69, 9.17) is 0 Å². The van der Waals surface area contributed by atoms with Gasteiger partial charge in [-0.15, -0.1) is 5.75 Å². The number of aliphatic imine (C=N–C) groups is 1. The number of hydrogen-bond donors (Lipinski definition) is 1. The van der Waals surface area contributed by atoms with Gasteiger partial charge in [-0.1, -0.05) is 48.6 Å². The van der Waals surface area contributed by atoms with Crippen molar-refractivity contribution in [2.75, 3.05) is 5.32 Å². The Balaban J connectivity index is 0.00000169. The van der Waals surface area contributed by atoms with Gasteiger partial charge >= 0.3 is 29.6 Å². The van der Waals surface area contributed by atoms with Crippen LogP contribution < -0.4 is 40.0 Å². The zero-order valence-electron chi connectivity index (χ0n) is 14.2. The van der Waals surface area contributed by atoms with Crippen molar-refractivity contribution >= 4 is 23.4 Å². The van der Waals surface area contributed by atoms with Crippen LogP contribution in [-0.2, 0) is 21.6 Å². The van der Waals surface area contributed by atoms with Crippen molar-refractivity contribution in [1.82, 2.24) is 0 Å². The molecule has 1 radical (unpaired) electrons. The van der Waals surface area contributed by atoms with Gasteiger partial charge in [0.2, 0.25) is 0 Å². The molecule has 0 aliphatic heterocycles. The molecule has 0 saturated carbocycles. The molecule has 1 N–H and O–H groups in total. The molecule has 2 aromatic rings. The first kappa shape index (κ1) is 22.1. The third-order valence-corrected chi connectivity index (χ3v) is 3.47. The quantitative estimate of drug-likeness (QED) is 0.465. The van der Waals surface area contributed by atoms with Crippen molar-refractivity contribution in [2.45, 2.75) is 0 Å². The Labute approximate surface area is 184 Å². The van der Waals surface area contributed by atoms with Gasteiger partial charge in [0.25, 0.3) is 0 Å². The third-order valence-electron chi connectivity index (χ3n) is 3.47. The summed E-state index contributed by atoms with van der Waals surface area (Å²) in [5, 5.41) is 14.8. The molecule has 0 unspecified atom stereocenters. The van der Waals surface area contributed by atoms with Crippen LogP contribution in [0.1, 0.15) is 5.56 Å². The van der Waals surface area contributed by atoms with Crippen LogP contribution in [-0.4, -0.2) is 12.0 Å². The van der Waals surface area contributed by atoms with Gasteiger partial charge in [-0.05, 0) is 29.8 Å². The van der Waals surface area contributed by atoms with Crippen LogP contribution in [0.2, 0.25) is 0 Å². The van der Waals surface area contributed by atoms with Crippen molar-refractivity contribution in [2.24, 2.45) is 4.99 Å². The number of rotatable bonds is 4. The summed E-state index contributed by atoms with van der Waals surface area (Å²) in [7, 11) is 0. The molecule has 0 heterocycles. The maximum atomic E-state index is 11.7. The summed E-state index contributed by atoms with van der Waals surface area (Å²) in [6, 6.07) is 14.2. The van der Waals surface area contributed by atoms with Crippen LogP contribution in [0.5, 0.6) is 5.75 Å². The smallest absolute Gasteiger partial charge is 0.872 e. The Morgan fingerprint density at radius 1 is 0.962 bits per heavy atom. The van der Waals surface area contributed by atoms with Gasteiger partial charge in [0, 0.05) is 34.8 Å². The first-order valence-electron chi connectivity index (χ1n) is 7.49. The van der Waals surface area contributed by atoms with Gasteiger partial charge in [0.15, 0.2) is 5.78 Å². The fraction of sp³-hybridized carbons (Fsp3) is 0. The maximum Gasteiger partial charge on any atom is 1.00 e. The molecule has 0 fully saturated rings. The fourth-order valence-electron chi connectivity index (χ4n) is 2.19. The fourth-order valence-corrected chi connectivity index (χ4v) is 2.19. The molecule has 0 aromatic heterocycles. The van der Waals surface area contributed by atoms with Crippen molar-refractivity contribution < 1.29 is 56.2 Å². The minimum Gasteiger partial charge on any atom is -0.872 e. The zero-order valence-corrected chi connectivity index (χ0v) is 17.2. The second-order valence-electron chi connectivity index (χ2n) is 5.14. The summed E-state index contributed by atoms with van der Waals surface area (Å²) >= 11 is 0. The summed E-state index contributed by atoms with van der Waals surface area (Å²) < 4.78 is 0. The number of hydrogen-bond acceptors (Lipinski definition) is 4. The third kappa shape index (κ3) is 5.83. The summed E-state index contributed by atoms with van der Waals surface area (Å²) in [4.78, 5) is 16.1. The molecule has 6 heteroatoms. The average Bonchev–Trinajstić information content (AvgIpc) is 2.61. The van der Waals surface area contributed by atoms with Crippen molar-refractivity contribution in [1.29, 1.82) is 0 Å². The molecule has 3 rings (SSSR count). The van der Waals surface area contributed by atoms with E-state index in [-0.39, 0.29) is 57.9 Å². The molecule has 0 saturated heterocycles. The summed E-state index contributed by atoms with van der Waals surface area (Å²) in [6.45, 7) is 0. The van der Waals surface area contributed by atoms with Crippen LogP contribution in [0.25, 0.3) is 0 Å². The van der Waals surface area contributed by atoms with E-state index in [9.17, 15) is 9.90 Å².